The fraction of sp³-hybridized carbons (Fsp3) is 0.429. The predicted octanol–water partition coefficient (Wildman–Crippen LogP) is 0.333. The molecular formula is C14H19N3O3. The van der Waals surface area contributed by atoms with Crippen LogP contribution in [0, 0.1) is 0 Å². The van der Waals surface area contributed by atoms with Crippen molar-refractivity contribution in [1.82, 2.24) is 10.2 Å². The van der Waals surface area contributed by atoms with Crippen molar-refractivity contribution >= 4 is 17.5 Å². The van der Waals surface area contributed by atoms with Crippen molar-refractivity contribution in [2.45, 2.75) is 0 Å². The molecule has 0 saturated heterocycles. The molecule has 1 aliphatic rings. The second-order valence-corrected chi connectivity index (χ2v) is 4.98. The Labute approximate surface area is 118 Å². The number of amides is 2. The summed E-state index contributed by atoms with van der Waals surface area (Å²) in [6, 6.07) is 5.10. The van der Waals surface area contributed by atoms with Crippen molar-refractivity contribution in [3.8, 4) is 5.75 Å². The monoisotopic (exact) mass is 277 g/mol. The molecule has 2 amide bonds. The van der Waals surface area contributed by atoms with E-state index in [-0.39, 0.29) is 18.4 Å². The SMILES string of the molecule is CN(C)CCNC(=O)c1ccc2c(c1)N(C)C(=O)CO2. The number of benzene rings is 1. The van der Waals surface area contributed by atoms with Crippen LogP contribution in [0.15, 0.2) is 18.2 Å². The zero-order valence-electron chi connectivity index (χ0n) is 12.0. The molecule has 1 aromatic rings. The van der Waals surface area contributed by atoms with Crippen molar-refractivity contribution in [2.24, 2.45) is 0 Å². The van der Waals surface area contributed by atoms with Gasteiger partial charge in [0, 0.05) is 25.7 Å². The molecule has 1 heterocycles. The van der Waals surface area contributed by atoms with Gasteiger partial charge in [0.15, 0.2) is 6.61 Å². The van der Waals surface area contributed by atoms with E-state index in [0.29, 0.717) is 23.5 Å². The summed E-state index contributed by atoms with van der Waals surface area (Å²) in [5, 5.41) is 2.84. The predicted molar refractivity (Wildman–Crippen MR) is 76.2 cm³/mol. The van der Waals surface area contributed by atoms with E-state index in [1.165, 1.54) is 4.90 Å². The van der Waals surface area contributed by atoms with Crippen molar-refractivity contribution in [3.05, 3.63) is 23.8 Å². The Morgan fingerprint density at radius 2 is 2.20 bits per heavy atom. The summed E-state index contributed by atoms with van der Waals surface area (Å²) in [6.45, 7) is 1.39. The Balaban J connectivity index is 2.10. The molecular weight excluding hydrogens is 258 g/mol. The van der Waals surface area contributed by atoms with Crippen LogP contribution in [0.5, 0.6) is 5.75 Å². The maximum atomic E-state index is 12.0. The molecule has 1 aromatic carbocycles. The maximum Gasteiger partial charge on any atom is 0.264 e. The summed E-state index contributed by atoms with van der Waals surface area (Å²) in [7, 11) is 5.57. The molecule has 0 bridgehead atoms. The fourth-order valence-electron chi connectivity index (χ4n) is 1.91. The Bertz CT molecular complexity index is 528. The van der Waals surface area contributed by atoms with Crippen LogP contribution >= 0.6 is 0 Å². The van der Waals surface area contributed by atoms with Gasteiger partial charge in [-0.2, -0.15) is 0 Å². The minimum atomic E-state index is -0.152. The standard InChI is InChI=1S/C14H19N3O3/c1-16(2)7-6-15-14(19)10-4-5-12-11(8-10)17(3)13(18)9-20-12/h4-5,8H,6-7,9H2,1-3H3,(H,15,19). The zero-order valence-corrected chi connectivity index (χ0v) is 12.0. The average Bonchev–Trinajstić information content (AvgIpc) is 2.42. The molecule has 0 radical (unpaired) electrons. The van der Waals surface area contributed by atoms with E-state index in [4.69, 9.17) is 4.74 Å². The van der Waals surface area contributed by atoms with Gasteiger partial charge >= 0.3 is 0 Å². The second-order valence-electron chi connectivity index (χ2n) is 4.98. The topological polar surface area (TPSA) is 61.9 Å². The highest BCUT2D eigenvalue weighted by Crippen LogP contribution is 2.31. The van der Waals surface area contributed by atoms with E-state index in [1.807, 2.05) is 19.0 Å². The van der Waals surface area contributed by atoms with Gasteiger partial charge in [-0.05, 0) is 32.3 Å². The summed E-state index contributed by atoms with van der Waals surface area (Å²) < 4.78 is 5.32. The normalized spacial score (nSPS) is 14.0. The number of carbonyl (C=O) groups excluding carboxylic acids is 2. The molecule has 0 aliphatic carbocycles. The smallest absolute Gasteiger partial charge is 0.264 e. The Morgan fingerprint density at radius 3 is 2.90 bits per heavy atom. The maximum absolute atomic E-state index is 12.0. The van der Waals surface area contributed by atoms with Gasteiger partial charge in [0.25, 0.3) is 11.8 Å². The zero-order chi connectivity index (χ0) is 14.7. The Morgan fingerprint density at radius 1 is 1.45 bits per heavy atom. The molecule has 0 atom stereocenters. The number of likely N-dealkylation sites (N-methyl/N-ethyl adjacent to an activating group) is 2. The van der Waals surface area contributed by atoms with Gasteiger partial charge in [0.1, 0.15) is 5.75 Å². The van der Waals surface area contributed by atoms with E-state index >= 15 is 0 Å². The van der Waals surface area contributed by atoms with Crippen LogP contribution in [0.4, 0.5) is 5.69 Å². The Hall–Kier alpha value is -2.08. The second kappa shape index (κ2) is 5.92. The van der Waals surface area contributed by atoms with Gasteiger partial charge in [-0.3, -0.25) is 9.59 Å². The van der Waals surface area contributed by atoms with Gasteiger partial charge in [-0.25, -0.2) is 0 Å². The molecule has 2 rings (SSSR count). The number of carbonyl (C=O) groups is 2. The number of anilines is 1. The third kappa shape index (κ3) is 3.08. The molecule has 6 heteroatoms. The van der Waals surface area contributed by atoms with E-state index in [9.17, 15) is 9.59 Å². The van der Waals surface area contributed by atoms with Gasteiger partial charge in [0.2, 0.25) is 0 Å². The summed E-state index contributed by atoms with van der Waals surface area (Å²) in [4.78, 5) is 27.1. The van der Waals surface area contributed by atoms with Crippen molar-refractivity contribution in [2.75, 3.05) is 45.7 Å². The van der Waals surface area contributed by atoms with Crippen LogP contribution in [0.1, 0.15) is 10.4 Å². The lowest BCUT2D eigenvalue weighted by molar-refractivity contribution is -0.120. The molecule has 1 aliphatic heterocycles. The highest BCUT2D eigenvalue weighted by Gasteiger charge is 2.23. The lowest BCUT2D eigenvalue weighted by Crippen LogP contribution is -2.36. The van der Waals surface area contributed by atoms with Crippen LogP contribution in [0.25, 0.3) is 0 Å². The number of nitrogens with one attached hydrogen (secondary N) is 1. The summed E-state index contributed by atoms with van der Waals surface area (Å²) >= 11 is 0. The highest BCUT2D eigenvalue weighted by atomic mass is 16.5. The lowest BCUT2D eigenvalue weighted by Gasteiger charge is -2.26. The first-order valence-electron chi connectivity index (χ1n) is 6.45. The van der Waals surface area contributed by atoms with Crippen LogP contribution < -0.4 is 15.0 Å². The van der Waals surface area contributed by atoms with E-state index in [1.54, 1.807) is 25.2 Å². The third-order valence-corrected chi connectivity index (χ3v) is 3.15. The minimum absolute atomic E-state index is 0.0396. The molecule has 108 valence electrons. The van der Waals surface area contributed by atoms with E-state index in [0.717, 1.165) is 6.54 Å². The van der Waals surface area contributed by atoms with Gasteiger partial charge in [0.05, 0.1) is 5.69 Å². The largest absolute Gasteiger partial charge is 0.482 e. The molecule has 20 heavy (non-hydrogen) atoms. The van der Waals surface area contributed by atoms with Crippen LogP contribution in [-0.2, 0) is 4.79 Å². The molecule has 1 N–H and O–H groups in total. The first-order valence-corrected chi connectivity index (χ1v) is 6.45. The van der Waals surface area contributed by atoms with Crippen LogP contribution in [0.3, 0.4) is 0 Å². The first-order chi connectivity index (χ1) is 9.49. The highest BCUT2D eigenvalue weighted by molar-refractivity contribution is 6.00. The average molecular weight is 277 g/mol. The fourth-order valence-corrected chi connectivity index (χ4v) is 1.91. The van der Waals surface area contributed by atoms with Gasteiger partial charge in [-0.15, -0.1) is 0 Å². The molecule has 0 unspecified atom stereocenters. The van der Waals surface area contributed by atoms with Crippen LogP contribution in [-0.4, -0.2) is 57.6 Å². The van der Waals surface area contributed by atoms with Crippen LogP contribution in [0.2, 0.25) is 0 Å². The number of nitrogens with zero attached hydrogens (tertiary/aromatic N) is 2. The summed E-state index contributed by atoms with van der Waals surface area (Å²) in [5.74, 6) is 0.348. The third-order valence-electron chi connectivity index (χ3n) is 3.15. The van der Waals surface area contributed by atoms with E-state index < -0.39 is 0 Å². The number of hydrogen-bond donors (Lipinski definition) is 1. The van der Waals surface area contributed by atoms with Crippen molar-refractivity contribution in [3.63, 3.8) is 0 Å². The summed E-state index contributed by atoms with van der Waals surface area (Å²) in [5.41, 5.74) is 1.15. The van der Waals surface area contributed by atoms with Crippen molar-refractivity contribution < 1.29 is 14.3 Å². The molecule has 0 aromatic heterocycles. The number of rotatable bonds is 4. The van der Waals surface area contributed by atoms with Gasteiger partial charge < -0.3 is 19.9 Å². The summed E-state index contributed by atoms with van der Waals surface area (Å²) in [6.07, 6.45) is 0. The molecule has 0 spiro atoms. The molecule has 0 saturated carbocycles. The molecule has 0 fully saturated rings. The minimum Gasteiger partial charge on any atom is -0.482 e. The quantitative estimate of drug-likeness (QED) is 0.862. The number of fused-ring (bicyclic) bond motifs is 1. The molecule has 6 nitrogen and oxygen atoms in total. The van der Waals surface area contributed by atoms with Crippen molar-refractivity contribution in [1.29, 1.82) is 0 Å². The Kier molecular flexibility index (Phi) is 4.24. The lowest BCUT2D eigenvalue weighted by atomic mass is 10.1. The first kappa shape index (κ1) is 14.3. The number of hydrogen-bond acceptors (Lipinski definition) is 4. The van der Waals surface area contributed by atoms with Gasteiger partial charge in [-0.1, -0.05) is 0 Å². The van der Waals surface area contributed by atoms with E-state index in [2.05, 4.69) is 5.32 Å². The number of ether oxygens (including phenoxy) is 1.